The lowest BCUT2D eigenvalue weighted by Gasteiger charge is -2.25. The first kappa shape index (κ1) is 25.2. The highest BCUT2D eigenvalue weighted by Gasteiger charge is 2.12. The lowest BCUT2D eigenvalue weighted by molar-refractivity contribution is -0.118. The summed E-state index contributed by atoms with van der Waals surface area (Å²) in [6.45, 7) is 8.39. The van der Waals surface area contributed by atoms with Crippen LogP contribution < -0.4 is 9.80 Å². The van der Waals surface area contributed by atoms with Crippen molar-refractivity contribution in [1.29, 1.82) is 5.41 Å². The van der Waals surface area contributed by atoms with E-state index in [1.165, 1.54) is 6.34 Å². The standard InChI is InChI=1S/C11H16ClN3.C10H15ClO/c1-4-14(2)11-9(12)6-5-7-10(11)15(3)8-13;1-4-5-10(11)7-6-8(2)9(3)12/h5-8,13H,4H2,1-3H3;5-8H,4H2,1-3H3/b;7-6-,10-5+. The molecule has 150 valence electrons. The van der Waals surface area contributed by atoms with E-state index >= 15 is 0 Å². The molecule has 1 unspecified atom stereocenters. The van der Waals surface area contributed by atoms with Crippen molar-refractivity contribution in [3.05, 3.63) is 46.5 Å². The Morgan fingerprint density at radius 3 is 2.41 bits per heavy atom. The summed E-state index contributed by atoms with van der Waals surface area (Å²) in [6.07, 6.45) is 7.69. The van der Waals surface area contributed by atoms with E-state index in [9.17, 15) is 4.79 Å². The molecule has 1 rings (SSSR count). The summed E-state index contributed by atoms with van der Waals surface area (Å²) in [7, 11) is 3.83. The first-order valence-electron chi connectivity index (χ1n) is 8.96. The number of nitrogens with zero attached hydrogens (tertiary/aromatic N) is 2. The fourth-order valence-electron chi connectivity index (χ4n) is 2.03. The van der Waals surface area contributed by atoms with Gasteiger partial charge >= 0.3 is 0 Å². The topological polar surface area (TPSA) is 47.4 Å². The number of halogens is 2. The van der Waals surface area contributed by atoms with Gasteiger partial charge < -0.3 is 9.80 Å². The molecule has 0 heterocycles. The Morgan fingerprint density at radius 1 is 1.30 bits per heavy atom. The normalized spacial score (nSPS) is 12.2. The quantitative estimate of drug-likeness (QED) is 0.317. The monoisotopic (exact) mass is 411 g/mol. The molecule has 6 heteroatoms. The van der Waals surface area contributed by atoms with Gasteiger partial charge in [-0.05, 0) is 38.5 Å². The number of benzene rings is 1. The van der Waals surface area contributed by atoms with Crippen LogP contribution in [0.1, 0.15) is 34.1 Å². The minimum atomic E-state index is -0.0380. The van der Waals surface area contributed by atoms with Crippen LogP contribution in [0.3, 0.4) is 0 Å². The van der Waals surface area contributed by atoms with Crippen molar-refractivity contribution in [3.8, 4) is 0 Å². The zero-order valence-electron chi connectivity index (χ0n) is 17.1. The van der Waals surface area contributed by atoms with Crippen LogP contribution in [0.5, 0.6) is 0 Å². The van der Waals surface area contributed by atoms with E-state index in [1.54, 1.807) is 17.9 Å². The molecule has 0 fully saturated rings. The van der Waals surface area contributed by atoms with Gasteiger partial charge in [0.05, 0.1) is 22.7 Å². The van der Waals surface area contributed by atoms with Crippen molar-refractivity contribution < 1.29 is 4.79 Å². The SMILES string of the molecule is CC/C=C(Cl)\C=C/C(C)C(C)=O.CCN(C)c1c(Cl)cccc1N(C)C=N. The predicted molar refractivity (Wildman–Crippen MR) is 121 cm³/mol. The van der Waals surface area contributed by atoms with E-state index < -0.39 is 0 Å². The van der Waals surface area contributed by atoms with Crippen LogP contribution in [0.15, 0.2) is 41.5 Å². The van der Waals surface area contributed by atoms with Crippen LogP contribution >= 0.6 is 23.2 Å². The van der Waals surface area contributed by atoms with Gasteiger partial charge in [0.25, 0.3) is 0 Å². The third-order valence-electron chi connectivity index (χ3n) is 3.98. The van der Waals surface area contributed by atoms with Gasteiger partial charge in [0, 0.05) is 31.6 Å². The molecule has 0 saturated heterocycles. The minimum absolute atomic E-state index is 0.0380. The van der Waals surface area contributed by atoms with Gasteiger partial charge in [0.2, 0.25) is 0 Å². The number of allylic oxidation sites excluding steroid dienone is 4. The number of nitrogens with one attached hydrogen (secondary N) is 1. The van der Waals surface area contributed by atoms with Gasteiger partial charge in [-0.25, -0.2) is 0 Å². The summed E-state index contributed by atoms with van der Waals surface area (Å²) in [5, 5.41) is 8.66. The van der Waals surface area contributed by atoms with Gasteiger partial charge in [-0.15, -0.1) is 0 Å². The van der Waals surface area contributed by atoms with Gasteiger partial charge in [-0.3, -0.25) is 10.2 Å². The Labute approximate surface area is 174 Å². The molecule has 1 atom stereocenters. The maximum absolute atomic E-state index is 10.8. The molecule has 1 aromatic carbocycles. The number of ketones is 1. The van der Waals surface area contributed by atoms with Crippen molar-refractivity contribution in [2.45, 2.75) is 34.1 Å². The molecule has 1 N–H and O–H groups in total. The van der Waals surface area contributed by atoms with Crippen LogP contribution in [0, 0.1) is 11.3 Å². The molecule has 0 aliphatic heterocycles. The van der Waals surface area contributed by atoms with E-state index in [4.69, 9.17) is 28.6 Å². The van der Waals surface area contributed by atoms with Crippen LogP contribution in [0.2, 0.25) is 5.02 Å². The van der Waals surface area contributed by atoms with Crippen LogP contribution in [0.25, 0.3) is 0 Å². The zero-order chi connectivity index (χ0) is 21.0. The van der Waals surface area contributed by atoms with E-state index in [-0.39, 0.29) is 11.7 Å². The average Bonchev–Trinajstić information content (AvgIpc) is 2.65. The molecule has 0 aromatic heterocycles. The molecule has 0 bridgehead atoms. The third-order valence-corrected chi connectivity index (χ3v) is 4.56. The molecular formula is C21H31Cl2N3O. The Hall–Kier alpha value is -1.78. The number of carbonyl (C=O) groups is 1. The minimum Gasteiger partial charge on any atom is -0.372 e. The first-order valence-corrected chi connectivity index (χ1v) is 9.72. The summed E-state index contributed by atoms with van der Waals surface area (Å²) < 4.78 is 0. The Balaban J connectivity index is 0.000000516. The smallest absolute Gasteiger partial charge is 0.136 e. The average molecular weight is 412 g/mol. The molecule has 0 radical (unpaired) electrons. The molecule has 0 aliphatic carbocycles. The molecule has 0 aliphatic rings. The van der Waals surface area contributed by atoms with Crippen LogP contribution in [-0.2, 0) is 4.79 Å². The van der Waals surface area contributed by atoms with Gasteiger partial charge in [0.15, 0.2) is 0 Å². The van der Waals surface area contributed by atoms with Crippen LogP contribution in [-0.4, -0.2) is 32.8 Å². The molecule has 4 nitrogen and oxygen atoms in total. The Kier molecular flexibility index (Phi) is 12.5. The van der Waals surface area contributed by atoms with Gasteiger partial charge in [-0.2, -0.15) is 0 Å². The second-order valence-corrected chi connectivity index (χ2v) is 6.96. The highest BCUT2D eigenvalue weighted by molar-refractivity contribution is 6.34. The van der Waals surface area contributed by atoms with Crippen molar-refractivity contribution in [1.82, 2.24) is 0 Å². The van der Waals surface area contributed by atoms with E-state index in [0.29, 0.717) is 10.1 Å². The summed E-state index contributed by atoms with van der Waals surface area (Å²) in [6, 6.07) is 5.72. The van der Waals surface area contributed by atoms with E-state index in [2.05, 4.69) is 11.8 Å². The van der Waals surface area contributed by atoms with Crippen molar-refractivity contribution in [2.24, 2.45) is 5.92 Å². The van der Waals surface area contributed by atoms with E-state index in [0.717, 1.165) is 24.3 Å². The highest BCUT2D eigenvalue weighted by atomic mass is 35.5. The van der Waals surface area contributed by atoms with Crippen LogP contribution in [0.4, 0.5) is 11.4 Å². The summed E-state index contributed by atoms with van der Waals surface area (Å²) in [4.78, 5) is 14.6. The molecule has 27 heavy (non-hydrogen) atoms. The molecule has 0 amide bonds. The largest absolute Gasteiger partial charge is 0.372 e. The second-order valence-electron chi connectivity index (χ2n) is 6.12. The maximum Gasteiger partial charge on any atom is 0.136 e. The lowest BCUT2D eigenvalue weighted by atomic mass is 10.1. The van der Waals surface area contributed by atoms with Crippen molar-refractivity contribution in [3.63, 3.8) is 0 Å². The summed E-state index contributed by atoms with van der Waals surface area (Å²) in [5.41, 5.74) is 1.91. The fraction of sp³-hybridized carbons (Fsp3) is 0.429. The molecular weight excluding hydrogens is 381 g/mol. The number of hydrogen-bond acceptors (Lipinski definition) is 3. The first-order chi connectivity index (χ1) is 12.7. The molecule has 1 aromatic rings. The Bertz CT molecular complexity index is 671. The summed E-state index contributed by atoms with van der Waals surface area (Å²) >= 11 is 12.0. The van der Waals surface area contributed by atoms with E-state index in [1.807, 2.05) is 58.3 Å². The van der Waals surface area contributed by atoms with Gasteiger partial charge in [0.1, 0.15) is 5.78 Å². The second kappa shape index (κ2) is 13.4. The third kappa shape index (κ3) is 9.12. The lowest BCUT2D eigenvalue weighted by Crippen LogP contribution is -2.22. The number of Topliss-reactive ketones (excluding diaryl/α,β-unsaturated/α-hetero) is 1. The number of rotatable bonds is 8. The predicted octanol–water partition coefficient (Wildman–Crippen LogP) is 6.14. The zero-order valence-corrected chi connectivity index (χ0v) is 18.6. The Morgan fingerprint density at radius 2 is 1.93 bits per heavy atom. The number of hydrogen-bond donors (Lipinski definition) is 1. The highest BCUT2D eigenvalue weighted by Crippen LogP contribution is 2.34. The van der Waals surface area contributed by atoms with Crippen molar-refractivity contribution in [2.75, 3.05) is 30.4 Å². The molecule has 0 saturated carbocycles. The number of anilines is 2. The fourth-order valence-corrected chi connectivity index (χ4v) is 2.57. The molecule has 0 spiro atoms. The van der Waals surface area contributed by atoms with Crippen molar-refractivity contribution >= 4 is 46.7 Å². The number of para-hydroxylation sites is 1. The number of carbonyl (C=O) groups excluding carboxylic acids is 1. The maximum atomic E-state index is 10.8. The van der Waals surface area contributed by atoms with Gasteiger partial charge in [-0.1, -0.05) is 55.3 Å². The summed E-state index contributed by atoms with van der Waals surface area (Å²) in [5.74, 6) is 0.122.